The van der Waals surface area contributed by atoms with Gasteiger partial charge in [0.1, 0.15) is 12.4 Å². The second kappa shape index (κ2) is 8.02. The summed E-state index contributed by atoms with van der Waals surface area (Å²) in [5, 5.41) is 0. The Balaban J connectivity index is 2.80. The van der Waals surface area contributed by atoms with Crippen molar-refractivity contribution in [3.8, 4) is 17.6 Å². The van der Waals surface area contributed by atoms with Crippen molar-refractivity contribution in [1.29, 1.82) is 0 Å². The van der Waals surface area contributed by atoms with Crippen LogP contribution >= 0.6 is 11.6 Å². The molecule has 0 aliphatic carbocycles. The lowest BCUT2D eigenvalue weighted by molar-refractivity contribution is 0.0716. The van der Waals surface area contributed by atoms with Crippen molar-refractivity contribution < 1.29 is 9.47 Å². The summed E-state index contributed by atoms with van der Waals surface area (Å²) in [6.45, 7) is 4.52. The molecule has 1 rings (SSSR count). The molecule has 1 atom stereocenters. The molecule has 1 aromatic rings. The van der Waals surface area contributed by atoms with Crippen LogP contribution in [0.15, 0.2) is 18.2 Å². The van der Waals surface area contributed by atoms with Gasteiger partial charge in [0.2, 0.25) is 0 Å². The molecule has 0 aliphatic heterocycles. The molecule has 3 heteroatoms. The van der Waals surface area contributed by atoms with Gasteiger partial charge in [0, 0.05) is 19.4 Å². The highest BCUT2D eigenvalue weighted by atomic mass is 35.5. The van der Waals surface area contributed by atoms with Gasteiger partial charge >= 0.3 is 0 Å². The fourth-order valence-corrected chi connectivity index (χ4v) is 1.44. The summed E-state index contributed by atoms with van der Waals surface area (Å²) in [5.74, 6) is 7.47. The van der Waals surface area contributed by atoms with Crippen molar-refractivity contribution in [1.82, 2.24) is 0 Å². The molecule has 0 bridgehead atoms. The van der Waals surface area contributed by atoms with E-state index >= 15 is 0 Å². The average Bonchev–Trinajstić information content (AvgIpc) is 2.37. The Bertz CT molecular complexity index is 432. The molecule has 0 saturated carbocycles. The van der Waals surface area contributed by atoms with Gasteiger partial charge in [-0.1, -0.05) is 17.9 Å². The first-order valence-corrected chi connectivity index (χ1v) is 6.52. The van der Waals surface area contributed by atoms with E-state index in [0.717, 1.165) is 16.9 Å². The zero-order chi connectivity index (χ0) is 13.4. The molecule has 1 unspecified atom stereocenters. The van der Waals surface area contributed by atoms with Crippen LogP contribution in [-0.2, 0) is 4.74 Å². The van der Waals surface area contributed by atoms with Gasteiger partial charge in [0.05, 0.1) is 11.7 Å². The molecular weight excluding hydrogens is 248 g/mol. The third kappa shape index (κ3) is 5.00. The predicted octanol–water partition coefficient (Wildman–Crippen LogP) is 3.39. The minimum atomic E-state index is 0.0648. The summed E-state index contributed by atoms with van der Waals surface area (Å²) in [5.41, 5.74) is 2.07. The number of alkyl halides is 1. The van der Waals surface area contributed by atoms with E-state index in [1.165, 1.54) is 0 Å². The second-order valence-corrected chi connectivity index (χ2v) is 4.48. The van der Waals surface area contributed by atoms with E-state index < -0.39 is 0 Å². The van der Waals surface area contributed by atoms with Gasteiger partial charge in [-0.15, -0.1) is 11.6 Å². The van der Waals surface area contributed by atoms with E-state index in [2.05, 4.69) is 11.8 Å². The zero-order valence-electron chi connectivity index (χ0n) is 11.1. The highest BCUT2D eigenvalue weighted by Crippen LogP contribution is 2.19. The van der Waals surface area contributed by atoms with Crippen LogP contribution in [0.2, 0.25) is 0 Å². The van der Waals surface area contributed by atoms with Gasteiger partial charge in [-0.25, -0.2) is 0 Å². The Morgan fingerprint density at radius 3 is 2.83 bits per heavy atom. The highest BCUT2D eigenvalue weighted by Gasteiger charge is 2.05. The van der Waals surface area contributed by atoms with E-state index in [1.807, 2.05) is 32.0 Å². The molecule has 0 aromatic heterocycles. The van der Waals surface area contributed by atoms with Crippen LogP contribution in [0.1, 0.15) is 24.5 Å². The van der Waals surface area contributed by atoms with Crippen molar-refractivity contribution >= 4 is 11.6 Å². The maximum Gasteiger partial charge on any atom is 0.135 e. The molecular formula is C15H19ClO2. The van der Waals surface area contributed by atoms with Gasteiger partial charge in [-0.3, -0.25) is 0 Å². The highest BCUT2D eigenvalue weighted by molar-refractivity contribution is 6.18. The van der Waals surface area contributed by atoms with Crippen molar-refractivity contribution in [2.45, 2.75) is 26.4 Å². The van der Waals surface area contributed by atoms with Crippen molar-refractivity contribution in [2.24, 2.45) is 0 Å². The molecule has 1 aromatic carbocycles. The predicted molar refractivity (Wildman–Crippen MR) is 75.4 cm³/mol. The number of aryl methyl sites for hydroxylation is 1. The molecule has 0 spiro atoms. The maximum absolute atomic E-state index is 5.72. The first kappa shape index (κ1) is 14.9. The fourth-order valence-electron chi connectivity index (χ4n) is 1.35. The van der Waals surface area contributed by atoms with Gasteiger partial charge in [-0.2, -0.15) is 0 Å². The van der Waals surface area contributed by atoms with Gasteiger partial charge in [0.25, 0.3) is 0 Å². The SMILES string of the molecule is COC(C)COc1ccc(C)cc1C#CCCCl. The lowest BCUT2D eigenvalue weighted by Gasteiger charge is -2.13. The quantitative estimate of drug-likeness (QED) is 0.601. The summed E-state index contributed by atoms with van der Waals surface area (Å²) >= 11 is 5.61. The van der Waals surface area contributed by atoms with E-state index in [1.54, 1.807) is 7.11 Å². The van der Waals surface area contributed by atoms with E-state index in [0.29, 0.717) is 18.9 Å². The number of benzene rings is 1. The first-order valence-electron chi connectivity index (χ1n) is 5.98. The summed E-state index contributed by atoms with van der Waals surface area (Å²) in [4.78, 5) is 0. The summed E-state index contributed by atoms with van der Waals surface area (Å²) < 4.78 is 10.9. The Morgan fingerprint density at radius 2 is 2.17 bits per heavy atom. The van der Waals surface area contributed by atoms with Crippen LogP contribution in [0.5, 0.6) is 5.75 Å². The van der Waals surface area contributed by atoms with E-state index in [4.69, 9.17) is 21.1 Å². The monoisotopic (exact) mass is 266 g/mol. The molecule has 0 fully saturated rings. The van der Waals surface area contributed by atoms with Crippen LogP contribution < -0.4 is 4.74 Å². The topological polar surface area (TPSA) is 18.5 Å². The standard InChI is InChI=1S/C15H19ClO2/c1-12-7-8-15(18-11-13(2)17-3)14(10-12)6-4-5-9-16/h7-8,10,13H,5,9,11H2,1-3H3. The maximum atomic E-state index is 5.72. The minimum Gasteiger partial charge on any atom is -0.490 e. The molecule has 0 radical (unpaired) electrons. The normalized spacial score (nSPS) is 11.6. The number of rotatable bonds is 5. The molecule has 0 N–H and O–H groups in total. The summed E-state index contributed by atoms with van der Waals surface area (Å²) in [7, 11) is 1.67. The third-order valence-electron chi connectivity index (χ3n) is 2.45. The van der Waals surface area contributed by atoms with Crippen LogP contribution in [0, 0.1) is 18.8 Å². The molecule has 0 amide bonds. The summed E-state index contributed by atoms with van der Waals surface area (Å²) in [6.07, 6.45) is 0.749. The van der Waals surface area contributed by atoms with E-state index in [-0.39, 0.29) is 6.10 Å². The van der Waals surface area contributed by atoms with Crippen molar-refractivity contribution in [3.63, 3.8) is 0 Å². The van der Waals surface area contributed by atoms with Crippen molar-refractivity contribution in [2.75, 3.05) is 19.6 Å². The second-order valence-electron chi connectivity index (χ2n) is 4.10. The lowest BCUT2D eigenvalue weighted by atomic mass is 10.1. The Labute approximate surface area is 114 Å². The number of ether oxygens (including phenoxy) is 2. The van der Waals surface area contributed by atoms with Crippen LogP contribution in [-0.4, -0.2) is 25.7 Å². The first-order chi connectivity index (χ1) is 8.67. The summed E-state index contributed by atoms with van der Waals surface area (Å²) in [6, 6.07) is 5.98. The number of methoxy groups -OCH3 is 1. The zero-order valence-corrected chi connectivity index (χ0v) is 11.9. The van der Waals surface area contributed by atoms with Crippen LogP contribution in [0.4, 0.5) is 0 Å². The van der Waals surface area contributed by atoms with Crippen LogP contribution in [0.3, 0.4) is 0 Å². The Morgan fingerprint density at radius 1 is 1.39 bits per heavy atom. The number of hydrogen-bond acceptors (Lipinski definition) is 2. The molecule has 0 aliphatic rings. The smallest absolute Gasteiger partial charge is 0.135 e. The molecule has 2 nitrogen and oxygen atoms in total. The molecule has 0 heterocycles. The number of hydrogen-bond donors (Lipinski definition) is 0. The molecule has 98 valence electrons. The Hall–Kier alpha value is -1.17. The van der Waals surface area contributed by atoms with Crippen LogP contribution in [0.25, 0.3) is 0 Å². The third-order valence-corrected chi connectivity index (χ3v) is 2.64. The molecule has 0 saturated heterocycles. The fraction of sp³-hybridized carbons (Fsp3) is 0.467. The van der Waals surface area contributed by atoms with Gasteiger partial charge in [0.15, 0.2) is 0 Å². The van der Waals surface area contributed by atoms with Gasteiger partial charge < -0.3 is 9.47 Å². The Kier molecular flexibility index (Phi) is 6.64. The largest absolute Gasteiger partial charge is 0.490 e. The molecule has 18 heavy (non-hydrogen) atoms. The van der Waals surface area contributed by atoms with Crippen molar-refractivity contribution in [3.05, 3.63) is 29.3 Å². The average molecular weight is 267 g/mol. The minimum absolute atomic E-state index is 0.0648. The van der Waals surface area contributed by atoms with Gasteiger partial charge in [-0.05, 0) is 31.5 Å². The van der Waals surface area contributed by atoms with E-state index in [9.17, 15) is 0 Å². The number of halogens is 1. The lowest BCUT2D eigenvalue weighted by Crippen LogP contribution is -2.16.